The molecule has 0 N–H and O–H groups in total. The molecular formula is C9H18N2. The molecule has 11 heavy (non-hydrogen) atoms. The lowest BCUT2D eigenvalue weighted by Crippen LogP contribution is -2.37. The van der Waals surface area contributed by atoms with Crippen molar-refractivity contribution in [3.63, 3.8) is 0 Å². The van der Waals surface area contributed by atoms with Crippen LogP contribution in [0, 0.1) is 0 Å². The van der Waals surface area contributed by atoms with Crippen molar-refractivity contribution in [3.05, 3.63) is 12.3 Å². The van der Waals surface area contributed by atoms with E-state index in [9.17, 15) is 0 Å². The van der Waals surface area contributed by atoms with Gasteiger partial charge in [0.1, 0.15) is 0 Å². The molecule has 0 fully saturated rings. The molecule has 0 aromatic rings. The largest absolute Gasteiger partial charge is 0.368 e. The SMILES string of the molecule is CC(C)N1CCC=CN(C)C1. The molecule has 0 saturated carbocycles. The molecule has 0 spiro atoms. The van der Waals surface area contributed by atoms with Crippen molar-refractivity contribution in [2.24, 2.45) is 0 Å². The van der Waals surface area contributed by atoms with Crippen LogP contribution in [0.1, 0.15) is 20.3 Å². The highest BCUT2D eigenvalue weighted by Crippen LogP contribution is 2.05. The minimum Gasteiger partial charge on any atom is -0.368 e. The second-order valence-electron chi connectivity index (χ2n) is 3.48. The molecule has 0 unspecified atom stereocenters. The van der Waals surface area contributed by atoms with Gasteiger partial charge in [-0.05, 0) is 26.5 Å². The Morgan fingerprint density at radius 3 is 2.73 bits per heavy atom. The number of rotatable bonds is 1. The van der Waals surface area contributed by atoms with Gasteiger partial charge < -0.3 is 4.90 Å². The molecule has 0 amide bonds. The normalized spacial score (nSPS) is 20.9. The van der Waals surface area contributed by atoms with Crippen molar-refractivity contribution >= 4 is 0 Å². The van der Waals surface area contributed by atoms with E-state index in [-0.39, 0.29) is 0 Å². The van der Waals surface area contributed by atoms with Gasteiger partial charge in [0.25, 0.3) is 0 Å². The molecule has 0 radical (unpaired) electrons. The Morgan fingerprint density at radius 1 is 1.36 bits per heavy atom. The fraction of sp³-hybridized carbons (Fsp3) is 0.778. The van der Waals surface area contributed by atoms with Crippen LogP contribution in [0.25, 0.3) is 0 Å². The zero-order valence-corrected chi connectivity index (χ0v) is 7.75. The number of nitrogens with zero attached hydrogens (tertiary/aromatic N) is 2. The molecule has 1 aliphatic rings. The Hall–Kier alpha value is -0.500. The third kappa shape index (κ3) is 2.54. The topological polar surface area (TPSA) is 6.48 Å². The lowest BCUT2D eigenvalue weighted by Gasteiger charge is -2.28. The molecule has 64 valence electrons. The molecule has 0 atom stereocenters. The van der Waals surface area contributed by atoms with Crippen molar-refractivity contribution < 1.29 is 0 Å². The highest BCUT2D eigenvalue weighted by atomic mass is 15.3. The average Bonchev–Trinajstić information content (AvgIpc) is 2.13. The van der Waals surface area contributed by atoms with Gasteiger partial charge in [-0.25, -0.2) is 0 Å². The lowest BCUT2D eigenvalue weighted by atomic mass is 10.3. The fourth-order valence-corrected chi connectivity index (χ4v) is 1.32. The maximum absolute atomic E-state index is 2.47. The first-order chi connectivity index (χ1) is 5.20. The molecule has 1 rings (SSSR count). The van der Waals surface area contributed by atoms with Gasteiger partial charge in [0.15, 0.2) is 0 Å². The van der Waals surface area contributed by atoms with Gasteiger partial charge in [0.05, 0.1) is 6.67 Å². The Morgan fingerprint density at radius 2 is 2.09 bits per heavy atom. The van der Waals surface area contributed by atoms with Crippen LogP contribution >= 0.6 is 0 Å². The Kier molecular flexibility index (Phi) is 2.94. The molecular weight excluding hydrogens is 136 g/mol. The highest BCUT2D eigenvalue weighted by molar-refractivity contribution is 4.85. The molecule has 0 aromatic carbocycles. The minimum absolute atomic E-state index is 0.664. The first-order valence-corrected chi connectivity index (χ1v) is 4.31. The van der Waals surface area contributed by atoms with Gasteiger partial charge in [0.2, 0.25) is 0 Å². The molecule has 2 heteroatoms. The molecule has 2 nitrogen and oxygen atoms in total. The van der Waals surface area contributed by atoms with Gasteiger partial charge in [-0.3, -0.25) is 4.90 Å². The van der Waals surface area contributed by atoms with Crippen LogP contribution in [0.4, 0.5) is 0 Å². The zero-order valence-electron chi connectivity index (χ0n) is 7.75. The van der Waals surface area contributed by atoms with Crippen LogP contribution in [0.5, 0.6) is 0 Å². The zero-order chi connectivity index (χ0) is 8.27. The Balaban J connectivity index is 2.45. The summed E-state index contributed by atoms with van der Waals surface area (Å²) in [6, 6.07) is 0.664. The van der Waals surface area contributed by atoms with E-state index in [1.165, 1.54) is 13.0 Å². The first kappa shape index (κ1) is 8.60. The summed E-state index contributed by atoms with van der Waals surface area (Å²) in [5.74, 6) is 0. The van der Waals surface area contributed by atoms with E-state index < -0.39 is 0 Å². The molecule has 0 aromatic heterocycles. The summed E-state index contributed by atoms with van der Waals surface area (Å²) in [7, 11) is 2.12. The third-order valence-corrected chi connectivity index (χ3v) is 2.08. The summed E-state index contributed by atoms with van der Waals surface area (Å²) >= 11 is 0. The second kappa shape index (κ2) is 3.77. The summed E-state index contributed by atoms with van der Waals surface area (Å²) in [6.07, 6.45) is 5.59. The molecule has 0 saturated heterocycles. The quantitative estimate of drug-likeness (QED) is 0.565. The van der Waals surface area contributed by atoms with Crippen LogP contribution < -0.4 is 0 Å². The lowest BCUT2D eigenvalue weighted by molar-refractivity contribution is 0.163. The standard InChI is InChI=1S/C9H18N2/c1-9(2)11-7-5-4-6-10(3)8-11/h4,6,9H,5,7-8H2,1-3H3. The Bertz CT molecular complexity index is 140. The number of hydrogen-bond donors (Lipinski definition) is 0. The highest BCUT2D eigenvalue weighted by Gasteiger charge is 2.10. The third-order valence-electron chi connectivity index (χ3n) is 2.08. The van der Waals surface area contributed by atoms with Crippen LogP contribution in [0.2, 0.25) is 0 Å². The van der Waals surface area contributed by atoms with E-state index in [2.05, 4.69) is 43.0 Å². The van der Waals surface area contributed by atoms with Gasteiger partial charge in [0, 0.05) is 19.6 Å². The predicted molar refractivity (Wildman–Crippen MR) is 48.2 cm³/mol. The average molecular weight is 154 g/mol. The van der Waals surface area contributed by atoms with Crippen molar-refractivity contribution in [2.45, 2.75) is 26.3 Å². The van der Waals surface area contributed by atoms with E-state index in [4.69, 9.17) is 0 Å². The minimum atomic E-state index is 0.664. The van der Waals surface area contributed by atoms with Crippen LogP contribution in [-0.2, 0) is 0 Å². The summed E-state index contributed by atoms with van der Waals surface area (Å²) in [4.78, 5) is 4.70. The number of hydrogen-bond acceptors (Lipinski definition) is 2. The summed E-state index contributed by atoms with van der Waals surface area (Å²) in [5.41, 5.74) is 0. The van der Waals surface area contributed by atoms with Gasteiger partial charge >= 0.3 is 0 Å². The van der Waals surface area contributed by atoms with Gasteiger partial charge in [-0.1, -0.05) is 6.08 Å². The fourth-order valence-electron chi connectivity index (χ4n) is 1.32. The van der Waals surface area contributed by atoms with Crippen LogP contribution in [-0.4, -0.2) is 36.1 Å². The molecule has 1 heterocycles. The molecule has 1 aliphatic heterocycles. The maximum atomic E-state index is 2.47. The first-order valence-electron chi connectivity index (χ1n) is 4.31. The summed E-state index contributed by atoms with van der Waals surface area (Å²) in [5, 5.41) is 0. The Labute approximate surface area is 69.5 Å². The van der Waals surface area contributed by atoms with E-state index in [0.717, 1.165) is 6.67 Å². The van der Waals surface area contributed by atoms with Gasteiger partial charge in [-0.2, -0.15) is 0 Å². The van der Waals surface area contributed by atoms with Crippen LogP contribution in [0.3, 0.4) is 0 Å². The molecule has 0 bridgehead atoms. The maximum Gasteiger partial charge on any atom is 0.0700 e. The monoisotopic (exact) mass is 154 g/mol. The van der Waals surface area contributed by atoms with E-state index in [0.29, 0.717) is 6.04 Å². The van der Waals surface area contributed by atoms with E-state index in [1.54, 1.807) is 0 Å². The second-order valence-corrected chi connectivity index (χ2v) is 3.48. The van der Waals surface area contributed by atoms with Crippen LogP contribution in [0.15, 0.2) is 12.3 Å². The van der Waals surface area contributed by atoms with Crippen molar-refractivity contribution in [1.82, 2.24) is 9.80 Å². The molecule has 0 aliphatic carbocycles. The van der Waals surface area contributed by atoms with E-state index >= 15 is 0 Å². The van der Waals surface area contributed by atoms with Crippen molar-refractivity contribution in [1.29, 1.82) is 0 Å². The smallest absolute Gasteiger partial charge is 0.0700 e. The predicted octanol–water partition coefficient (Wildman–Crippen LogP) is 1.50. The van der Waals surface area contributed by atoms with Crippen molar-refractivity contribution in [3.8, 4) is 0 Å². The van der Waals surface area contributed by atoms with E-state index in [1.807, 2.05) is 0 Å². The summed E-state index contributed by atoms with van der Waals surface area (Å²) in [6.45, 7) is 6.75. The summed E-state index contributed by atoms with van der Waals surface area (Å²) < 4.78 is 0. The van der Waals surface area contributed by atoms with Crippen molar-refractivity contribution in [2.75, 3.05) is 20.3 Å². The van der Waals surface area contributed by atoms with Gasteiger partial charge in [-0.15, -0.1) is 0 Å².